The van der Waals surface area contributed by atoms with Crippen molar-refractivity contribution in [3.8, 4) is 0 Å². The summed E-state index contributed by atoms with van der Waals surface area (Å²) >= 11 is 1.65. The molecular weight excluding hydrogens is 322 g/mol. The smallest absolute Gasteiger partial charge is 0.241 e. The fourth-order valence-corrected chi connectivity index (χ4v) is 3.33. The van der Waals surface area contributed by atoms with Gasteiger partial charge in [-0.2, -0.15) is 0 Å². The van der Waals surface area contributed by atoms with Gasteiger partial charge < -0.3 is 5.32 Å². The van der Waals surface area contributed by atoms with Crippen LogP contribution >= 0.6 is 11.3 Å². The molecule has 1 N–H and O–H groups in total. The van der Waals surface area contributed by atoms with Gasteiger partial charge in [0.05, 0.1) is 16.2 Å². The van der Waals surface area contributed by atoms with Crippen LogP contribution < -0.4 is 5.32 Å². The molecule has 7 heteroatoms. The van der Waals surface area contributed by atoms with Crippen LogP contribution in [0.3, 0.4) is 0 Å². The van der Waals surface area contributed by atoms with Crippen LogP contribution in [-0.2, 0) is 23.2 Å². The summed E-state index contributed by atoms with van der Waals surface area (Å²) in [5, 5.41) is 14.1. The number of nitrogens with zero attached hydrogens (tertiary/aromatic N) is 4. The third-order valence-corrected chi connectivity index (χ3v) is 4.60. The topological polar surface area (TPSA) is 72.7 Å². The van der Waals surface area contributed by atoms with Crippen molar-refractivity contribution < 1.29 is 4.79 Å². The van der Waals surface area contributed by atoms with E-state index in [1.165, 1.54) is 0 Å². The summed E-state index contributed by atoms with van der Waals surface area (Å²) in [5.41, 5.74) is 2.82. The van der Waals surface area contributed by atoms with Gasteiger partial charge in [0.2, 0.25) is 5.91 Å². The van der Waals surface area contributed by atoms with E-state index in [0.717, 1.165) is 28.2 Å². The van der Waals surface area contributed by atoms with Gasteiger partial charge in [0.15, 0.2) is 0 Å². The second-order valence-electron chi connectivity index (χ2n) is 6.71. The predicted molar refractivity (Wildman–Crippen MR) is 95.1 cm³/mol. The molecule has 0 saturated heterocycles. The van der Waals surface area contributed by atoms with Gasteiger partial charge in [-0.15, -0.1) is 16.4 Å². The van der Waals surface area contributed by atoms with Crippen molar-refractivity contribution in [2.24, 2.45) is 0 Å². The Balaban J connectivity index is 1.52. The normalized spacial score (nSPS) is 11.8. The van der Waals surface area contributed by atoms with E-state index in [0.29, 0.717) is 6.54 Å². The maximum absolute atomic E-state index is 12.1. The largest absolute Gasteiger partial charge is 0.354 e. The van der Waals surface area contributed by atoms with Gasteiger partial charge in [0.25, 0.3) is 0 Å². The SMILES string of the molecule is CC(C)(C)c1csc(CCNC(=O)Cn2nnc3ccccc32)n1. The molecule has 3 aromatic rings. The number of rotatable bonds is 5. The van der Waals surface area contributed by atoms with E-state index < -0.39 is 0 Å². The molecule has 0 atom stereocenters. The van der Waals surface area contributed by atoms with Crippen molar-refractivity contribution >= 4 is 28.3 Å². The van der Waals surface area contributed by atoms with Crippen molar-refractivity contribution in [1.29, 1.82) is 0 Å². The molecule has 0 aliphatic carbocycles. The molecule has 0 saturated carbocycles. The van der Waals surface area contributed by atoms with Crippen LogP contribution in [-0.4, -0.2) is 32.4 Å². The molecule has 0 bridgehead atoms. The summed E-state index contributed by atoms with van der Waals surface area (Å²) in [6.45, 7) is 7.19. The molecule has 126 valence electrons. The fourth-order valence-electron chi connectivity index (χ4n) is 2.31. The Bertz CT molecular complexity index is 846. The molecule has 24 heavy (non-hydrogen) atoms. The Hall–Kier alpha value is -2.28. The van der Waals surface area contributed by atoms with Gasteiger partial charge in [-0.3, -0.25) is 4.79 Å². The summed E-state index contributed by atoms with van der Waals surface area (Å²) in [4.78, 5) is 16.7. The maximum Gasteiger partial charge on any atom is 0.241 e. The highest BCUT2D eigenvalue weighted by Crippen LogP contribution is 2.23. The van der Waals surface area contributed by atoms with Crippen molar-refractivity contribution in [2.75, 3.05) is 6.54 Å². The molecule has 1 aromatic carbocycles. The molecule has 2 heterocycles. The minimum atomic E-state index is -0.0711. The van der Waals surface area contributed by atoms with Crippen molar-refractivity contribution in [1.82, 2.24) is 25.3 Å². The number of aromatic nitrogens is 4. The van der Waals surface area contributed by atoms with Crippen LogP contribution in [0.15, 0.2) is 29.6 Å². The standard InChI is InChI=1S/C17H21N5OS/c1-17(2,3)14-11-24-16(19-14)8-9-18-15(23)10-22-13-7-5-4-6-12(13)20-21-22/h4-7,11H,8-10H2,1-3H3,(H,18,23). The highest BCUT2D eigenvalue weighted by Gasteiger charge is 2.17. The number of fused-ring (bicyclic) bond motifs is 1. The number of hydrogen-bond acceptors (Lipinski definition) is 5. The first-order valence-corrected chi connectivity index (χ1v) is 8.81. The first kappa shape index (κ1) is 16.6. The lowest BCUT2D eigenvalue weighted by Crippen LogP contribution is -2.29. The fraction of sp³-hybridized carbons (Fsp3) is 0.412. The van der Waals surface area contributed by atoms with Crippen molar-refractivity contribution in [3.05, 3.63) is 40.3 Å². The molecule has 0 aliphatic heterocycles. The van der Waals surface area contributed by atoms with Crippen molar-refractivity contribution in [3.63, 3.8) is 0 Å². The third kappa shape index (κ3) is 3.79. The number of para-hydroxylation sites is 1. The molecule has 0 spiro atoms. The molecule has 0 unspecified atom stereocenters. The second kappa shape index (κ2) is 6.68. The maximum atomic E-state index is 12.1. The Morgan fingerprint density at radius 1 is 1.29 bits per heavy atom. The first-order chi connectivity index (χ1) is 11.4. The van der Waals surface area contributed by atoms with Gasteiger partial charge in [-0.05, 0) is 12.1 Å². The van der Waals surface area contributed by atoms with Gasteiger partial charge in [-0.1, -0.05) is 38.1 Å². The number of carbonyl (C=O) groups excluding carboxylic acids is 1. The minimum absolute atomic E-state index is 0.0617. The van der Waals surface area contributed by atoms with E-state index >= 15 is 0 Å². The summed E-state index contributed by atoms with van der Waals surface area (Å²) in [7, 11) is 0. The molecule has 0 aliphatic rings. The van der Waals surface area contributed by atoms with Crippen LogP contribution in [0.25, 0.3) is 11.0 Å². The van der Waals surface area contributed by atoms with Gasteiger partial charge >= 0.3 is 0 Å². The number of carbonyl (C=O) groups is 1. The average molecular weight is 343 g/mol. The number of benzene rings is 1. The molecule has 3 rings (SSSR count). The van der Waals surface area contributed by atoms with Crippen LogP contribution in [0.2, 0.25) is 0 Å². The summed E-state index contributed by atoms with van der Waals surface area (Å²) in [5.74, 6) is -0.0711. The zero-order chi connectivity index (χ0) is 17.2. The summed E-state index contributed by atoms with van der Waals surface area (Å²) in [6, 6.07) is 7.61. The number of hydrogen-bond donors (Lipinski definition) is 1. The Kier molecular flexibility index (Phi) is 4.62. The predicted octanol–water partition coefficient (Wildman–Crippen LogP) is 2.54. The summed E-state index contributed by atoms with van der Waals surface area (Å²) in [6.07, 6.45) is 0.741. The number of amides is 1. The molecule has 2 aromatic heterocycles. The Morgan fingerprint density at radius 3 is 2.83 bits per heavy atom. The van der Waals surface area contributed by atoms with E-state index in [-0.39, 0.29) is 17.9 Å². The monoisotopic (exact) mass is 343 g/mol. The lowest BCUT2D eigenvalue weighted by Gasteiger charge is -2.14. The zero-order valence-corrected chi connectivity index (χ0v) is 14.9. The average Bonchev–Trinajstić information content (AvgIpc) is 3.15. The van der Waals surface area contributed by atoms with Crippen LogP contribution in [0.4, 0.5) is 0 Å². The molecule has 0 fully saturated rings. The first-order valence-electron chi connectivity index (χ1n) is 7.93. The van der Waals surface area contributed by atoms with E-state index in [1.807, 2.05) is 24.3 Å². The number of nitrogens with one attached hydrogen (secondary N) is 1. The van der Waals surface area contributed by atoms with E-state index in [1.54, 1.807) is 16.0 Å². The summed E-state index contributed by atoms with van der Waals surface area (Å²) < 4.78 is 1.62. The Labute approximate surface area is 144 Å². The Morgan fingerprint density at radius 2 is 2.08 bits per heavy atom. The van der Waals surface area contributed by atoms with Crippen molar-refractivity contribution in [2.45, 2.75) is 39.2 Å². The number of thiazole rings is 1. The lowest BCUT2D eigenvalue weighted by molar-refractivity contribution is -0.121. The van der Waals surface area contributed by atoms with Gasteiger partial charge in [-0.25, -0.2) is 9.67 Å². The lowest BCUT2D eigenvalue weighted by atomic mass is 9.93. The minimum Gasteiger partial charge on any atom is -0.354 e. The quantitative estimate of drug-likeness (QED) is 0.773. The van der Waals surface area contributed by atoms with E-state index in [9.17, 15) is 4.79 Å². The van der Waals surface area contributed by atoms with Gasteiger partial charge in [0, 0.05) is 23.8 Å². The van der Waals surface area contributed by atoms with E-state index in [2.05, 4.69) is 46.8 Å². The molecule has 1 amide bonds. The molecular formula is C17H21N5OS. The molecule has 6 nitrogen and oxygen atoms in total. The highest BCUT2D eigenvalue weighted by molar-refractivity contribution is 7.09. The van der Waals surface area contributed by atoms with Gasteiger partial charge in [0.1, 0.15) is 12.1 Å². The highest BCUT2D eigenvalue weighted by atomic mass is 32.1. The van der Waals surface area contributed by atoms with E-state index in [4.69, 9.17) is 0 Å². The van der Waals surface area contributed by atoms with Crippen LogP contribution in [0.1, 0.15) is 31.5 Å². The van der Waals surface area contributed by atoms with Crippen LogP contribution in [0.5, 0.6) is 0 Å². The van der Waals surface area contributed by atoms with Crippen LogP contribution in [0, 0.1) is 0 Å². The second-order valence-corrected chi connectivity index (χ2v) is 7.65. The third-order valence-electron chi connectivity index (χ3n) is 3.69. The molecule has 0 radical (unpaired) electrons. The zero-order valence-electron chi connectivity index (χ0n) is 14.1.